The van der Waals surface area contributed by atoms with Crippen LogP contribution in [0.3, 0.4) is 0 Å². The average Bonchev–Trinajstić information content (AvgIpc) is 2.54. The Morgan fingerprint density at radius 1 is 0.652 bits per heavy atom. The fourth-order valence-corrected chi connectivity index (χ4v) is 4.78. The molecule has 0 fully saturated rings. The lowest BCUT2D eigenvalue weighted by Gasteiger charge is -2.30. The van der Waals surface area contributed by atoms with Gasteiger partial charge in [-0.1, -0.05) is 26.0 Å². The first-order valence-corrected chi connectivity index (χ1v) is 10.6. The van der Waals surface area contributed by atoms with Gasteiger partial charge in [-0.3, -0.25) is 0 Å². The molecule has 0 saturated carbocycles. The maximum Gasteiger partial charge on any atom is 0.459 e. The molecule has 0 saturated heterocycles. The maximum absolute atomic E-state index is 6.43. The van der Waals surface area contributed by atoms with Gasteiger partial charge in [0.2, 0.25) is 0 Å². The second-order valence-corrected chi connectivity index (χ2v) is 9.96. The van der Waals surface area contributed by atoms with E-state index >= 15 is 0 Å². The molecule has 2 aromatic carbocycles. The van der Waals surface area contributed by atoms with Gasteiger partial charge in [-0.05, 0) is 74.2 Å². The van der Waals surface area contributed by atoms with Crippen molar-refractivity contribution in [3.05, 3.63) is 58.7 Å². The summed E-state index contributed by atoms with van der Waals surface area (Å²) >= 11 is 0. The van der Waals surface area contributed by atoms with Crippen molar-refractivity contribution in [1.29, 1.82) is 0 Å². The lowest BCUT2D eigenvalue weighted by molar-refractivity contribution is 0.381. The van der Waals surface area contributed by atoms with Gasteiger partial charge in [0.25, 0.3) is 0 Å². The van der Waals surface area contributed by atoms with Crippen LogP contribution in [0.5, 0.6) is 11.5 Å². The van der Waals surface area contributed by atoms with Gasteiger partial charge < -0.3 is 8.85 Å². The molecule has 124 valence electrons. The van der Waals surface area contributed by atoms with Crippen LogP contribution in [0, 0.1) is 27.7 Å². The monoisotopic (exact) mass is 328 g/mol. The Labute approximate surface area is 141 Å². The second-order valence-electron chi connectivity index (χ2n) is 6.31. The molecule has 2 rings (SSSR count). The fraction of sp³-hybridized carbons (Fsp3) is 0.400. The Morgan fingerprint density at radius 3 is 1.35 bits per heavy atom. The molecule has 0 aliphatic carbocycles. The Morgan fingerprint density at radius 2 is 1.04 bits per heavy atom. The molecule has 0 aromatic heterocycles. The molecule has 2 aromatic rings. The minimum atomic E-state index is -2.31. The molecule has 3 heteroatoms. The van der Waals surface area contributed by atoms with E-state index in [2.05, 4.69) is 77.9 Å². The summed E-state index contributed by atoms with van der Waals surface area (Å²) in [6, 6.07) is 14.4. The second kappa shape index (κ2) is 7.22. The highest BCUT2D eigenvalue weighted by Crippen LogP contribution is 2.28. The number of rotatable bonds is 6. The quantitative estimate of drug-likeness (QED) is 0.618. The zero-order chi connectivity index (χ0) is 17.0. The molecule has 0 aliphatic heterocycles. The highest BCUT2D eigenvalue weighted by atomic mass is 28.4. The van der Waals surface area contributed by atoms with Gasteiger partial charge in [0, 0.05) is 12.1 Å². The summed E-state index contributed by atoms with van der Waals surface area (Å²) < 4.78 is 12.9. The molecule has 0 atom stereocenters. The van der Waals surface area contributed by atoms with Crippen molar-refractivity contribution >= 4 is 8.56 Å². The molecule has 0 bridgehead atoms. The molecule has 0 aliphatic rings. The van der Waals surface area contributed by atoms with Crippen molar-refractivity contribution in [2.75, 3.05) is 0 Å². The molecular formula is C20H28O2Si. The Balaban J connectivity index is 2.26. The third kappa shape index (κ3) is 4.17. The predicted octanol–water partition coefficient (Wildman–Crippen LogP) is 5.86. The molecule has 23 heavy (non-hydrogen) atoms. The van der Waals surface area contributed by atoms with Crippen LogP contribution in [0.25, 0.3) is 0 Å². The van der Waals surface area contributed by atoms with Crippen molar-refractivity contribution < 1.29 is 8.85 Å². The lowest BCUT2D eigenvalue weighted by Crippen LogP contribution is -2.47. The number of hydrogen-bond acceptors (Lipinski definition) is 2. The summed E-state index contributed by atoms with van der Waals surface area (Å²) in [6.07, 6.45) is 0. The first-order chi connectivity index (χ1) is 10.9. The van der Waals surface area contributed by atoms with Gasteiger partial charge in [-0.25, -0.2) is 0 Å². The minimum absolute atomic E-state index is 0.920. The van der Waals surface area contributed by atoms with Gasteiger partial charge in [0.15, 0.2) is 0 Å². The van der Waals surface area contributed by atoms with E-state index in [-0.39, 0.29) is 0 Å². The van der Waals surface area contributed by atoms with E-state index in [0.717, 1.165) is 23.6 Å². The van der Waals surface area contributed by atoms with Gasteiger partial charge in [0.05, 0.1) is 0 Å². The zero-order valence-electron chi connectivity index (χ0n) is 15.2. The van der Waals surface area contributed by atoms with Gasteiger partial charge in [-0.2, -0.15) is 0 Å². The van der Waals surface area contributed by atoms with E-state index in [1.54, 1.807) is 0 Å². The topological polar surface area (TPSA) is 18.5 Å². The SMILES string of the molecule is CC[Si](CC)(Oc1ccc(C)c(C)c1)Oc1ccc(C)c(C)c1. The minimum Gasteiger partial charge on any atom is -0.512 e. The third-order valence-corrected chi connectivity index (χ3v) is 8.01. The Kier molecular flexibility index (Phi) is 5.53. The van der Waals surface area contributed by atoms with E-state index in [1.165, 1.54) is 22.3 Å². The van der Waals surface area contributed by atoms with Crippen LogP contribution in [-0.4, -0.2) is 8.56 Å². The standard InChI is InChI=1S/C20H28O2Si/c1-7-23(8-2,21-19-11-9-15(3)17(5)13-19)22-20-12-10-16(4)18(6)14-20/h9-14H,7-8H2,1-6H3. The third-order valence-electron chi connectivity index (χ3n) is 4.64. The summed E-state index contributed by atoms with van der Waals surface area (Å²) in [5.41, 5.74) is 5.08. The van der Waals surface area contributed by atoms with Crippen molar-refractivity contribution in [1.82, 2.24) is 0 Å². The van der Waals surface area contributed by atoms with Crippen LogP contribution >= 0.6 is 0 Å². The van der Waals surface area contributed by atoms with Gasteiger partial charge in [-0.15, -0.1) is 0 Å². The van der Waals surface area contributed by atoms with Crippen LogP contribution in [0.4, 0.5) is 0 Å². The molecular weight excluding hydrogens is 300 g/mol. The summed E-state index contributed by atoms with van der Waals surface area (Å²) in [7, 11) is -2.31. The molecule has 0 spiro atoms. The molecule has 0 heterocycles. The predicted molar refractivity (Wildman–Crippen MR) is 99.8 cm³/mol. The summed E-state index contributed by atoms with van der Waals surface area (Å²) in [5, 5.41) is 0. The number of hydrogen-bond donors (Lipinski definition) is 0. The largest absolute Gasteiger partial charge is 0.512 e. The summed E-state index contributed by atoms with van der Waals surface area (Å²) in [5.74, 6) is 1.85. The lowest BCUT2D eigenvalue weighted by atomic mass is 10.1. The van der Waals surface area contributed by atoms with Crippen LogP contribution in [0.15, 0.2) is 36.4 Å². The van der Waals surface area contributed by atoms with Crippen molar-refractivity contribution in [2.24, 2.45) is 0 Å². The smallest absolute Gasteiger partial charge is 0.459 e. The van der Waals surface area contributed by atoms with E-state index < -0.39 is 8.56 Å². The van der Waals surface area contributed by atoms with Crippen LogP contribution in [0.2, 0.25) is 12.1 Å². The molecule has 0 unspecified atom stereocenters. The van der Waals surface area contributed by atoms with Gasteiger partial charge >= 0.3 is 8.56 Å². The van der Waals surface area contributed by atoms with Gasteiger partial charge in [0.1, 0.15) is 11.5 Å². The van der Waals surface area contributed by atoms with E-state index in [4.69, 9.17) is 8.85 Å². The zero-order valence-corrected chi connectivity index (χ0v) is 16.2. The van der Waals surface area contributed by atoms with Crippen LogP contribution < -0.4 is 8.85 Å². The normalized spacial score (nSPS) is 11.4. The van der Waals surface area contributed by atoms with Crippen LogP contribution in [-0.2, 0) is 0 Å². The highest BCUT2D eigenvalue weighted by molar-refractivity contribution is 6.68. The number of aryl methyl sites for hydroxylation is 4. The van der Waals surface area contributed by atoms with E-state index in [0.29, 0.717) is 0 Å². The Bertz CT molecular complexity index is 620. The maximum atomic E-state index is 6.43. The average molecular weight is 329 g/mol. The number of benzene rings is 2. The molecule has 0 amide bonds. The van der Waals surface area contributed by atoms with Crippen molar-refractivity contribution in [3.8, 4) is 11.5 Å². The highest BCUT2D eigenvalue weighted by Gasteiger charge is 2.38. The summed E-state index contributed by atoms with van der Waals surface area (Å²) in [6.45, 7) is 12.8. The van der Waals surface area contributed by atoms with E-state index in [9.17, 15) is 0 Å². The first kappa shape index (κ1) is 17.6. The molecule has 2 nitrogen and oxygen atoms in total. The van der Waals surface area contributed by atoms with Crippen LogP contribution in [0.1, 0.15) is 36.1 Å². The molecule has 0 radical (unpaired) electrons. The van der Waals surface area contributed by atoms with E-state index in [1.807, 2.05) is 0 Å². The van der Waals surface area contributed by atoms with Crippen molar-refractivity contribution in [3.63, 3.8) is 0 Å². The molecule has 0 N–H and O–H groups in total. The Hall–Kier alpha value is -1.74. The summed E-state index contributed by atoms with van der Waals surface area (Å²) in [4.78, 5) is 0. The first-order valence-electron chi connectivity index (χ1n) is 8.41. The fourth-order valence-electron chi connectivity index (χ4n) is 2.54. The van der Waals surface area contributed by atoms with Crippen molar-refractivity contribution in [2.45, 2.75) is 53.6 Å².